The van der Waals surface area contributed by atoms with Gasteiger partial charge in [-0.2, -0.15) is 0 Å². The number of benzene rings is 2. The number of nitrogens with zero attached hydrogens (tertiary/aromatic N) is 1. The fraction of sp³-hybridized carbons (Fsp3) is 0.158. The lowest BCUT2D eigenvalue weighted by molar-refractivity contribution is -0.387. The molecule has 0 bridgehead atoms. The molecule has 0 amide bonds. The van der Waals surface area contributed by atoms with Gasteiger partial charge in [0.25, 0.3) is 5.69 Å². The number of aliphatic hydroxyl groups is 1. The van der Waals surface area contributed by atoms with Gasteiger partial charge in [0.1, 0.15) is 0 Å². The van der Waals surface area contributed by atoms with Crippen LogP contribution in [0.4, 0.5) is 5.69 Å². The van der Waals surface area contributed by atoms with Gasteiger partial charge in [-0.25, -0.2) is 0 Å². The van der Waals surface area contributed by atoms with Crippen LogP contribution in [0, 0.1) is 10.1 Å². The van der Waals surface area contributed by atoms with E-state index in [1.807, 2.05) is 49.4 Å². The van der Waals surface area contributed by atoms with Crippen LogP contribution in [0.15, 0.2) is 78.2 Å². The predicted molar refractivity (Wildman–Crippen MR) is 100 cm³/mol. The van der Waals surface area contributed by atoms with E-state index in [1.165, 1.54) is 17.8 Å². The molecule has 5 heteroatoms. The number of aliphatic hydroxyl groups excluding tert-OH is 1. The van der Waals surface area contributed by atoms with Crippen molar-refractivity contribution in [2.75, 3.05) is 0 Å². The van der Waals surface area contributed by atoms with Gasteiger partial charge in [0.2, 0.25) is 0 Å². The number of hydrogen-bond donors (Lipinski definition) is 1. The third-order valence-electron chi connectivity index (χ3n) is 2.97. The zero-order valence-corrected chi connectivity index (χ0v) is 14.4. The third-order valence-corrected chi connectivity index (χ3v) is 4.08. The maximum atomic E-state index is 11.0. The SMILES string of the molecule is C=C/C=C\C.O=[N+]([O-])c1ccc(CO)cc1SCc1ccccc1. The van der Waals surface area contributed by atoms with Crippen LogP contribution in [-0.4, -0.2) is 10.0 Å². The largest absolute Gasteiger partial charge is 0.392 e. The Morgan fingerprint density at radius 2 is 1.92 bits per heavy atom. The van der Waals surface area contributed by atoms with E-state index >= 15 is 0 Å². The minimum Gasteiger partial charge on any atom is -0.392 e. The van der Waals surface area contributed by atoms with E-state index in [9.17, 15) is 10.1 Å². The average Bonchev–Trinajstić information content (AvgIpc) is 2.61. The predicted octanol–water partition coefficient (Wildman–Crippen LogP) is 5.13. The molecule has 0 fully saturated rings. The van der Waals surface area contributed by atoms with Gasteiger partial charge < -0.3 is 5.11 Å². The zero-order chi connectivity index (χ0) is 17.8. The van der Waals surface area contributed by atoms with Crippen LogP contribution in [0.5, 0.6) is 0 Å². The summed E-state index contributed by atoms with van der Waals surface area (Å²) in [5, 5.41) is 20.1. The van der Waals surface area contributed by atoms with E-state index in [0.29, 0.717) is 16.2 Å². The van der Waals surface area contributed by atoms with Gasteiger partial charge in [0.05, 0.1) is 16.4 Å². The second-order valence-corrected chi connectivity index (χ2v) is 5.77. The fourth-order valence-corrected chi connectivity index (χ4v) is 2.83. The summed E-state index contributed by atoms with van der Waals surface area (Å²) in [6.07, 6.45) is 5.58. The van der Waals surface area contributed by atoms with Crippen molar-refractivity contribution in [1.82, 2.24) is 0 Å². The minimum absolute atomic E-state index is 0.0816. The number of allylic oxidation sites excluding steroid dienone is 3. The van der Waals surface area contributed by atoms with Gasteiger partial charge in [0, 0.05) is 11.8 Å². The standard InChI is InChI=1S/C14H13NO3S.C5H8/c16-9-12-6-7-13(15(17)18)14(8-12)19-10-11-4-2-1-3-5-11;1-3-5-4-2/h1-8,16H,9-10H2;3-5H,1H2,2H3/b;5-4-. The Labute approximate surface area is 146 Å². The molecule has 2 aromatic rings. The smallest absolute Gasteiger partial charge is 0.282 e. The van der Waals surface area contributed by atoms with Crippen LogP contribution in [0.3, 0.4) is 0 Å². The molecule has 0 aromatic heterocycles. The second kappa shape index (κ2) is 11.2. The Bertz CT molecular complexity index is 684. The van der Waals surface area contributed by atoms with Gasteiger partial charge in [-0.05, 0) is 30.2 Å². The Hall–Kier alpha value is -2.37. The number of hydrogen-bond acceptors (Lipinski definition) is 4. The van der Waals surface area contributed by atoms with E-state index in [-0.39, 0.29) is 12.3 Å². The monoisotopic (exact) mass is 343 g/mol. The van der Waals surface area contributed by atoms with E-state index < -0.39 is 4.92 Å². The number of thioether (sulfide) groups is 1. The van der Waals surface area contributed by atoms with Gasteiger partial charge in [-0.15, -0.1) is 11.8 Å². The average molecular weight is 343 g/mol. The maximum Gasteiger partial charge on any atom is 0.282 e. The van der Waals surface area contributed by atoms with Crippen LogP contribution >= 0.6 is 11.8 Å². The summed E-state index contributed by atoms with van der Waals surface area (Å²) in [5.74, 6) is 0.663. The molecule has 4 nitrogen and oxygen atoms in total. The number of nitro benzene ring substituents is 1. The molecule has 0 atom stereocenters. The van der Waals surface area contributed by atoms with Crippen molar-refractivity contribution in [3.8, 4) is 0 Å². The lowest BCUT2D eigenvalue weighted by Crippen LogP contribution is -1.93. The van der Waals surface area contributed by atoms with Crippen molar-refractivity contribution in [3.63, 3.8) is 0 Å². The number of rotatable bonds is 6. The van der Waals surface area contributed by atoms with Crippen molar-refractivity contribution in [1.29, 1.82) is 0 Å². The van der Waals surface area contributed by atoms with E-state index in [2.05, 4.69) is 6.58 Å². The van der Waals surface area contributed by atoms with Gasteiger partial charge >= 0.3 is 0 Å². The molecular weight excluding hydrogens is 322 g/mol. The van der Waals surface area contributed by atoms with Gasteiger partial charge in [0.15, 0.2) is 0 Å². The Morgan fingerprint density at radius 1 is 1.21 bits per heavy atom. The summed E-state index contributed by atoms with van der Waals surface area (Å²) in [7, 11) is 0. The van der Waals surface area contributed by atoms with Crippen LogP contribution < -0.4 is 0 Å². The summed E-state index contributed by atoms with van der Waals surface area (Å²) in [4.78, 5) is 11.2. The molecule has 0 unspecified atom stereocenters. The van der Waals surface area contributed by atoms with Crippen LogP contribution in [0.2, 0.25) is 0 Å². The van der Waals surface area contributed by atoms with Crippen molar-refractivity contribution in [2.24, 2.45) is 0 Å². The topological polar surface area (TPSA) is 63.4 Å². The quantitative estimate of drug-likeness (QED) is 0.342. The fourth-order valence-electron chi connectivity index (χ4n) is 1.79. The highest BCUT2D eigenvalue weighted by molar-refractivity contribution is 7.98. The van der Waals surface area contributed by atoms with Crippen molar-refractivity contribution < 1.29 is 10.0 Å². The molecule has 0 aliphatic rings. The normalized spacial score (nSPS) is 10.1. The summed E-state index contributed by atoms with van der Waals surface area (Å²) >= 11 is 1.41. The van der Waals surface area contributed by atoms with Crippen LogP contribution in [0.1, 0.15) is 18.1 Å². The van der Waals surface area contributed by atoms with E-state index in [4.69, 9.17) is 5.11 Å². The summed E-state index contributed by atoms with van der Waals surface area (Å²) in [6, 6.07) is 14.5. The molecule has 0 heterocycles. The third kappa shape index (κ3) is 6.81. The van der Waals surface area contributed by atoms with Gasteiger partial charge in [-0.1, -0.05) is 55.1 Å². The highest BCUT2D eigenvalue weighted by Gasteiger charge is 2.14. The van der Waals surface area contributed by atoms with Crippen LogP contribution in [-0.2, 0) is 12.4 Å². The Morgan fingerprint density at radius 3 is 2.42 bits per heavy atom. The van der Waals surface area contributed by atoms with E-state index in [1.54, 1.807) is 18.2 Å². The van der Waals surface area contributed by atoms with Crippen molar-refractivity contribution in [2.45, 2.75) is 24.2 Å². The first kappa shape index (κ1) is 19.7. The molecule has 126 valence electrons. The van der Waals surface area contributed by atoms with E-state index in [0.717, 1.165) is 5.56 Å². The van der Waals surface area contributed by atoms with Crippen LogP contribution in [0.25, 0.3) is 0 Å². The minimum atomic E-state index is -0.394. The first-order valence-electron chi connectivity index (χ1n) is 7.41. The first-order chi connectivity index (χ1) is 11.6. The Balaban J connectivity index is 0.000000505. The Kier molecular flexibility index (Phi) is 9.19. The van der Waals surface area contributed by atoms with Crippen molar-refractivity contribution in [3.05, 3.63) is 94.6 Å². The molecule has 2 aromatic carbocycles. The zero-order valence-electron chi connectivity index (χ0n) is 13.6. The lowest BCUT2D eigenvalue weighted by Gasteiger charge is -2.05. The molecule has 0 saturated carbocycles. The lowest BCUT2D eigenvalue weighted by atomic mass is 10.2. The molecule has 0 spiro atoms. The molecule has 24 heavy (non-hydrogen) atoms. The molecule has 2 rings (SSSR count). The molecule has 0 radical (unpaired) electrons. The van der Waals surface area contributed by atoms with Crippen molar-refractivity contribution >= 4 is 17.4 Å². The molecule has 0 aliphatic carbocycles. The van der Waals surface area contributed by atoms with Gasteiger partial charge in [-0.3, -0.25) is 10.1 Å². The molecule has 0 saturated heterocycles. The summed E-state index contributed by atoms with van der Waals surface area (Å²) in [5.41, 5.74) is 1.87. The first-order valence-corrected chi connectivity index (χ1v) is 8.39. The molecule has 1 N–H and O–H groups in total. The molecular formula is C19H21NO3S. The maximum absolute atomic E-state index is 11.0. The second-order valence-electron chi connectivity index (χ2n) is 4.75. The highest BCUT2D eigenvalue weighted by Crippen LogP contribution is 2.32. The molecule has 0 aliphatic heterocycles. The summed E-state index contributed by atoms with van der Waals surface area (Å²) < 4.78 is 0. The highest BCUT2D eigenvalue weighted by atomic mass is 32.2. The number of nitro groups is 1. The summed E-state index contributed by atoms with van der Waals surface area (Å²) in [6.45, 7) is 5.31.